The van der Waals surface area contributed by atoms with Gasteiger partial charge in [-0.1, -0.05) is 25.5 Å². The lowest BCUT2D eigenvalue weighted by molar-refractivity contribution is 0.439. The highest BCUT2D eigenvalue weighted by molar-refractivity contribution is 5.83. The van der Waals surface area contributed by atoms with Crippen LogP contribution in [0.15, 0.2) is 24.3 Å². The molecular formula is C18H21N5. The van der Waals surface area contributed by atoms with Gasteiger partial charge < -0.3 is 5.32 Å². The van der Waals surface area contributed by atoms with Crippen LogP contribution in [-0.2, 0) is 6.42 Å². The van der Waals surface area contributed by atoms with Crippen molar-refractivity contribution in [2.45, 2.75) is 45.1 Å². The quantitative estimate of drug-likeness (QED) is 0.805. The molecule has 2 saturated carbocycles. The fourth-order valence-corrected chi connectivity index (χ4v) is 4.56. The number of hydrogen-bond donors (Lipinski definition) is 1. The lowest BCUT2D eigenvalue weighted by Gasteiger charge is -2.23. The van der Waals surface area contributed by atoms with Crippen LogP contribution in [0.25, 0.3) is 16.7 Å². The van der Waals surface area contributed by atoms with Crippen LogP contribution in [0.3, 0.4) is 0 Å². The summed E-state index contributed by atoms with van der Waals surface area (Å²) < 4.78 is 2.16. The maximum Gasteiger partial charge on any atom is 0.204 e. The number of aryl methyl sites for hydroxylation is 1. The number of para-hydroxylation sites is 2. The van der Waals surface area contributed by atoms with Crippen LogP contribution < -0.4 is 5.32 Å². The van der Waals surface area contributed by atoms with Crippen molar-refractivity contribution in [1.29, 1.82) is 0 Å². The molecular weight excluding hydrogens is 286 g/mol. The number of nitrogens with one attached hydrogen (secondary N) is 1. The Labute approximate surface area is 135 Å². The minimum absolute atomic E-state index is 0.549. The lowest BCUT2D eigenvalue weighted by atomic mass is 9.95. The van der Waals surface area contributed by atoms with E-state index in [2.05, 4.69) is 39.0 Å². The van der Waals surface area contributed by atoms with Crippen LogP contribution >= 0.6 is 0 Å². The molecule has 1 aromatic carbocycles. The van der Waals surface area contributed by atoms with Crippen molar-refractivity contribution in [2.24, 2.45) is 11.8 Å². The molecule has 2 fully saturated rings. The second-order valence-electron chi connectivity index (χ2n) is 7.00. The Morgan fingerprint density at radius 1 is 1.17 bits per heavy atom. The predicted octanol–water partition coefficient (Wildman–Crippen LogP) is 3.44. The number of fused-ring (bicyclic) bond motifs is 5. The normalized spacial score (nSPS) is 26.4. The Bertz CT molecular complexity index is 884. The molecule has 0 amide bonds. The fourth-order valence-electron chi connectivity index (χ4n) is 4.56. The molecule has 5 rings (SSSR count). The van der Waals surface area contributed by atoms with Crippen molar-refractivity contribution in [3.05, 3.63) is 30.1 Å². The summed E-state index contributed by atoms with van der Waals surface area (Å²) in [4.78, 5) is 4.86. The van der Waals surface area contributed by atoms with Gasteiger partial charge in [0, 0.05) is 12.5 Å². The molecule has 3 aromatic rings. The molecule has 5 nitrogen and oxygen atoms in total. The molecule has 0 radical (unpaired) electrons. The molecule has 3 atom stereocenters. The summed E-state index contributed by atoms with van der Waals surface area (Å²) in [6.07, 6.45) is 6.30. The number of nitrogens with zero attached hydrogens (tertiary/aromatic N) is 4. The minimum atomic E-state index is 0.549. The van der Waals surface area contributed by atoms with Crippen LogP contribution in [0.4, 0.5) is 5.82 Å². The minimum Gasteiger partial charge on any atom is -0.364 e. The zero-order chi connectivity index (χ0) is 15.4. The van der Waals surface area contributed by atoms with E-state index in [1.807, 2.05) is 12.1 Å². The van der Waals surface area contributed by atoms with Gasteiger partial charge in [-0.05, 0) is 43.2 Å². The Morgan fingerprint density at radius 2 is 2.09 bits per heavy atom. The first-order valence-electron chi connectivity index (χ1n) is 8.72. The van der Waals surface area contributed by atoms with Gasteiger partial charge in [-0.2, -0.15) is 0 Å². The third-order valence-electron chi connectivity index (χ3n) is 5.67. The highest BCUT2D eigenvalue weighted by atomic mass is 15.3. The molecule has 118 valence electrons. The summed E-state index contributed by atoms with van der Waals surface area (Å²) in [5.74, 6) is 3.61. The topological polar surface area (TPSA) is 55.1 Å². The first-order valence-corrected chi connectivity index (χ1v) is 8.72. The van der Waals surface area contributed by atoms with E-state index >= 15 is 0 Å². The van der Waals surface area contributed by atoms with Gasteiger partial charge in [-0.25, -0.2) is 4.98 Å². The van der Waals surface area contributed by atoms with E-state index in [1.165, 1.54) is 25.7 Å². The summed E-state index contributed by atoms with van der Waals surface area (Å²) in [6.45, 7) is 2.12. The molecule has 3 unspecified atom stereocenters. The van der Waals surface area contributed by atoms with Gasteiger partial charge in [0.15, 0.2) is 5.82 Å². The first kappa shape index (κ1) is 13.3. The van der Waals surface area contributed by atoms with Gasteiger partial charge in [-0.3, -0.25) is 4.40 Å². The Morgan fingerprint density at radius 3 is 2.87 bits per heavy atom. The monoisotopic (exact) mass is 307 g/mol. The standard InChI is InChI=1S/C18H21N5/c1-2-16-21-22-18-17(20-14-10-11-7-8-12(14)9-11)19-13-5-3-4-6-15(13)23(16)18/h3-6,11-12,14H,2,7-10H2,1H3,(H,19,20). The molecule has 1 N–H and O–H groups in total. The number of anilines is 1. The molecule has 0 spiro atoms. The molecule has 2 aliphatic carbocycles. The fraction of sp³-hybridized carbons (Fsp3) is 0.500. The molecule has 0 aliphatic heterocycles. The van der Waals surface area contributed by atoms with Gasteiger partial charge in [0.25, 0.3) is 0 Å². The zero-order valence-electron chi connectivity index (χ0n) is 13.4. The number of rotatable bonds is 3. The highest BCUT2D eigenvalue weighted by Crippen LogP contribution is 2.45. The summed E-state index contributed by atoms with van der Waals surface area (Å²) in [5, 5.41) is 12.5. The predicted molar refractivity (Wildman–Crippen MR) is 90.5 cm³/mol. The van der Waals surface area contributed by atoms with E-state index in [4.69, 9.17) is 4.98 Å². The Kier molecular flexibility index (Phi) is 2.84. The van der Waals surface area contributed by atoms with Gasteiger partial charge in [0.05, 0.1) is 11.0 Å². The average molecular weight is 307 g/mol. The molecule has 5 heteroatoms. The molecule has 2 aliphatic rings. The molecule has 2 heterocycles. The van der Waals surface area contributed by atoms with Crippen molar-refractivity contribution in [2.75, 3.05) is 5.32 Å². The first-order chi connectivity index (χ1) is 11.3. The summed E-state index contributed by atoms with van der Waals surface area (Å²) in [6, 6.07) is 8.80. The van der Waals surface area contributed by atoms with Crippen molar-refractivity contribution >= 4 is 22.5 Å². The lowest BCUT2D eigenvalue weighted by Crippen LogP contribution is -2.26. The molecule has 0 saturated heterocycles. The number of aromatic nitrogens is 4. The Hall–Kier alpha value is -2.17. The van der Waals surface area contributed by atoms with E-state index in [9.17, 15) is 0 Å². The van der Waals surface area contributed by atoms with E-state index in [0.717, 1.165) is 46.6 Å². The van der Waals surface area contributed by atoms with Crippen LogP contribution in [0, 0.1) is 11.8 Å². The summed E-state index contributed by atoms with van der Waals surface area (Å²) in [5.41, 5.74) is 2.95. The smallest absolute Gasteiger partial charge is 0.204 e. The SMILES string of the molecule is CCc1nnc2c(NC3CC4CCC3C4)nc3ccccc3n12. The molecule has 2 bridgehead atoms. The van der Waals surface area contributed by atoms with Crippen molar-refractivity contribution in [3.63, 3.8) is 0 Å². The van der Waals surface area contributed by atoms with Crippen LogP contribution in [0.5, 0.6) is 0 Å². The third-order valence-corrected chi connectivity index (χ3v) is 5.67. The van der Waals surface area contributed by atoms with Crippen molar-refractivity contribution < 1.29 is 0 Å². The van der Waals surface area contributed by atoms with Crippen molar-refractivity contribution in [3.8, 4) is 0 Å². The summed E-state index contributed by atoms with van der Waals surface area (Å²) in [7, 11) is 0. The van der Waals surface area contributed by atoms with E-state index in [1.54, 1.807) is 0 Å². The second-order valence-corrected chi connectivity index (χ2v) is 7.00. The van der Waals surface area contributed by atoms with E-state index < -0.39 is 0 Å². The average Bonchev–Trinajstić information content (AvgIpc) is 3.30. The third kappa shape index (κ3) is 1.95. The number of benzene rings is 1. The maximum atomic E-state index is 4.86. The molecule has 2 aromatic heterocycles. The van der Waals surface area contributed by atoms with Crippen LogP contribution in [-0.4, -0.2) is 25.6 Å². The van der Waals surface area contributed by atoms with Crippen LogP contribution in [0.1, 0.15) is 38.4 Å². The van der Waals surface area contributed by atoms with Gasteiger partial charge in [0.2, 0.25) is 5.65 Å². The van der Waals surface area contributed by atoms with Gasteiger partial charge in [0.1, 0.15) is 5.82 Å². The van der Waals surface area contributed by atoms with Crippen molar-refractivity contribution in [1.82, 2.24) is 19.6 Å². The molecule has 23 heavy (non-hydrogen) atoms. The van der Waals surface area contributed by atoms with E-state index in [0.29, 0.717) is 6.04 Å². The Balaban J connectivity index is 1.66. The second kappa shape index (κ2) is 4.91. The van der Waals surface area contributed by atoms with E-state index in [-0.39, 0.29) is 0 Å². The number of hydrogen-bond acceptors (Lipinski definition) is 4. The summed E-state index contributed by atoms with van der Waals surface area (Å²) >= 11 is 0. The highest BCUT2D eigenvalue weighted by Gasteiger charge is 2.39. The largest absolute Gasteiger partial charge is 0.364 e. The zero-order valence-corrected chi connectivity index (χ0v) is 13.4. The van der Waals surface area contributed by atoms with Crippen LogP contribution in [0.2, 0.25) is 0 Å². The van der Waals surface area contributed by atoms with Gasteiger partial charge in [-0.15, -0.1) is 10.2 Å². The maximum absolute atomic E-state index is 4.86. The van der Waals surface area contributed by atoms with Gasteiger partial charge >= 0.3 is 0 Å².